The summed E-state index contributed by atoms with van der Waals surface area (Å²) in [6, 6.07) is 0. The van der Waals surface area contributed by atoms with Crippen LogP contribution < -0.4 is 0 Å². The van der Waals surface area contributed by atoms with Gasteiger partial charge in [0.05, 0.1) is 0 Å². The van der Waals surface area contributed by atoms with Gasteiger partial charge < -0.3 is 9.79 Å². The first-order valence-corrected chi connectivity index (χ1v) is 6.09. The topological polar surface area (TPSA) is 57.5 Å². The highest BCUT2D eigenvalue weighted by Gasteiger charge is 1.95. The molecule has 0 aromatic rings. The van der Waals surface area contributed by atoms with Crippen LogP contribution in [0, 0.1) is 0 Å². The van der Waals surface area contributed by atoms with Gasteiger partial charge in [-0.1, -0.05) is 0 Å². The average Bonchev–Trinajstić information content (AvgIpc) is 1.36. The quantitative estimate of drug-likeness (QED) is 0.351. The van der Waals surface area contributed by atoms with Crippen molar-refractivity contribution in [2.75, 3.05) is 6.66 Å². The smallest absolute Gasteiger partial charge is 0.322 e. The molecule has 0 atom stereocenters. The van der Waals surface area contributed by atoms with E-state index in [0.29, 0.717) is 0 Å². The molecule has 0 spiro atoms. The maximum absolute atomic E-state index is 9.33. The highest BCUT2D eigenvalue weighted by atomic mass is 31.2. The van der Waals surface area contributed by atoms with E-state index in [2.05, 4.69) is 5.79 Å². The Bertz CT molecular complexity index is 59.1. The van der Waals surface area contributed by atoms with Gasteiger partial charge in [-0.3, -0.25) is 4.57 Å². The Morgan fingerprint density at radius 1 is 1.43 bits per heavy atom. The molecule has 0 amide bonds. The first-order valence-electron chi connectivity index (χ1n) is 2.03. The van der Waals surface area contributed by atoms with Gasteiger partial charge in [-0.15, -0.1) is 5.79 Å². The predicted molar refractivity (Wildman–Crippen MR) is 32.4 cm³/mol. The summed E-state index contributed by atoms with van der Waals surface area (Å²) in [4.78, 5) is 15.3. The third kappa shape index (κ3) is 315. The summed E-state index contributed by atoms with van der Waals surface area (Å²) in [6.45, 7) is 0.854. The molecular weight excluding hydrogens is 130 g/mol. The number of hydrogen-bond acceptors (Lipinski definition) is 1. The van der Waals surface area contributed by atoms with E-state index in [1.165, 1.54) is 16.3 Å². The van der Waals surface area contributed by atoms with Crippen molar-refractivity contribution >= 4 is 23.9 Å². The molecule has 0 radical (unpaired) electrons. The summed E-state index contributed by atoms with van der Waals surface area (Å²) in [5.41, 5.74) is 0. The molecule has 44 valence electrons. The van der Waals surface area contributed by atoms with E-state index in [1.54, 1.807) is 0 Å². The molecule has 0 unspecified atom stereocenters. The van der Waals surface area contributed by atoms with Crippen molar-refractivity contribution in [3.63, 3.8) is 0 Å². The molecule has 0 saturated carbocycles. The minimum atomic E-state index is -3.64. The van der Waals surface area contributed by atoms with Crippen molar-refractivity contribution in [2.45, 2.75) is 5.79 Å². The van der Waals surface area contributed by atoms with Crippen LogP contribution in [0.2, 0.25) is 5.79 Å². The SMILES string of the molecule is CP(=O)(O)O.[CH3][AlH2]. The molecule has 0 rings (SSSR count). The van der Waals surface area contributed by atoms with Gasteiger partial charge in [0.15, 0.2) is 0 Å². The van der Waals surface area contributed by atoms with Crippen molar-refractivity contribution in [1.82, 2.24) is 0 Å². The zero-order valence-corrected chi connectivity index (χ0v) is 7.64. The summed E-state index contributed by atoms with van der Waals surface area (Å²) in [7, 11) is -3.64. The molecule has 0 saturated heterocycles. The van der Waals surface area contributed by atoms with E-state index in [-0.39, 0.29) is 0 Å². The summed E-state index contributed by atoms with van der Waals surface area (Å²) in [5, 5.41) is 0. The molecule has 3 nitrogen and oxygen atoms in total. The first-order chi connectivity index (χ1) is 3.00. The van der Waals surface area contributed by atoms with Crippen LogP contribution in [0.3, 0.4) is 0 Å². The van der Waals surface area contributed by atoms with Gasteiger partial charge in [-0.2, -0.15) is 0 Å². The predicted octanol–water partition coefficient (Wildman–Crippen LogP) is -0.539. The molecule has 2 N–H and O–H groups in total. The van der Waals surface area contributed by atoms with Gasteiger partial charge in [0.2, 0.25) is 16.3 Å². The van der Waals surface area contributed by atoms with E-state index in [1.807, 2.05) is 0 Å². The molecule has 0 aromatic carbocycles. The van der Waals surface area contributed by atoms with Crippen molar-refractivity contribution < 1.29 is 14.4 Å². The second-order valence-corrected chi connectivity index (χ2v) is 2.51. The molecule has 5 heteroatoms. The van der Waals surface area contributed by atoms with Crippen LogP contribution >= 0.6 is 7.60 Å². The minimum absolute atomic E-state index is 0.854. The Balaban J connectivity index is 0. The van der Waals surface area contributed by atoms with E-state index in [0.717, 1.165) is 6.66 Å². The van der Waals surface area contributed by atoms with Crippen LogP contribution in [-0.2, 0) is 4.57 Å². The van der Waals surface area contributed by atoms with Crippen LogP contribution in [0.25, 0.3) is 0 Å². The monoisotopic (exact) mass is 140 g/mol. The molecule has 0 fully saturated rings. The first kappa shape index (κ1) is 10.6. The van der Waals surface area contributed by atoms with Gasteiger partial charge in [0.25, 0.3) is 0 Å². The maximum Gasteiger partial charge on any atom is 0.322 e. The molecule has 7 heavy (non-hydrogen) atoms. The highest BCUT2D eigenvalue weighted by Crippen LogP contribution is 2.26. The van der Waals surface area contributed by atoms with Gasteiger partial charge in [-0.05, 0) is 0 Å². The highest BCUT2D eigenvalue weighted by molar-refractivity contribution is 7.50. The Morgan fingerprint density at radius 3 is 1.43 bits per heavy atom. The molecule has 0 bridgehead atoms. The van der Waals surface area contributed by atoms with Gasteiger partial charge >= 0.3 is 7.60 Å². The van der Waals surface area contributed by atoms with E-state index < -0.39 is 7.60 Å². The van der Waals surface area contributed by atoms with E-state index >= 15 is 0 Å². The average molecular weight is 140 g/mol. The van der Waals surface area contributed by atoms with Gasteiger partial charge in [-0.25, -0.2) is 0 Å². The van der Waals surface area contributed by atoms with Gasteiger partial charge in [0.1, 0.15) is 0 Å². The number of hydrogen-bond donors (Lipinski definition) is 2. The van der Waals surface area contributed by atoms with Crippen molar-refractivity contribution in [1.29, 1.82) is 0 Å². The van der Waals surface area contributed by atoms with Crippen molar-refractivity contribution in [3.8, 4) is 0 Å². The van der Waals surface area contributed by atoms with Crippen LogP contribution in [0.4, 0.5) is 0 Å². The van der Waals surface area contributed by atoms with Crippen LogP contribution in [-0.4, -0.2) is 32.7 Å². The fourth-order valence-electron chi connectivity index (χ4n) is 0. The second-order valence-electron chi connectivity index (χ2n) is 0.835. The Morgan fingerprint density at radius 2 is 1.43 bits per heavy atom. The fraction of sp³-hybridized carbons (Fsp3) is 1.00. The summed E-state index contributed by atoms with van der Waals surface area (Å²) >= 11 is 1.31. The molecule has 0 aliphatic carbocycles. The van der Waals surface area contributed by atoms with Crippen LogP contribution in [0.1, 0.15) is 0 Å². The second kappa shape index (κ2) is 4.83. The lowest BCUT2D eigenvalue weighted by molar-refractivity contribution is 0.381. The summed E-state index contributed by atoms with van der Waals surface area (Å²) in [5.74, 6) is 2.14. The zero-order valence-electron chi connectivity index (χ0n) is 4.75. The minimum Gasteiger partial charge on any atom is -0.325 e. The third-order valence-corrected chi connectivity index (χ3v) is 0. The lowest BCUT2D eigenvalue weighted by Crippen LogP contribution is -1.64. The van der Waals surface area contributed by atoms with Crippen molar-refractivity contribution in [2.24, 2.45) is 0 Å². The molecular formula is C2H10AlO3P. The fourth-order valence-corrected chi connectivity index (χ4v) is 0. The normalized spacial score (nSPS) is 9.14. The molecule has 0 heterocycles. The summed E-state index contributed by atoms with van der Waals surface area (Å²) in [6.07, 6.45) is 0. The molecule has 0 aromatic heterocycles. The maximum atomic E-state index is 9.33. The Hall–Kier alpha value is 0.682. The molecule has 0 aliphatic heterocycles. The number of rotatable bonds is 0. The molecule has 0 aliphatic rings. The third-order valence-electron chi connectivity index (χ3n) is 0. The Kier molecular flexibility index (Phi) is 7.33. The van der Waals surface area contributed by atoms with E-state index in [4.69, 9.17) is 9.79 Å². The van der Waals surface area contributed by atoms with Gasteiger partial charge in [0, 0.05) is 6.66 Å². The summed E-state index contributed by atoms with van der Waals surface area (Å²) < 4.78 is 9.33. The standard InChI is InChI=1S/CH5O3P.CH3.Al.2H/c1-5(2,3)4;;;;/h1H3,(H2,2,3,4);1H3;;;. The largest absolute Gasteiger partial charge is 0.325 e. The lowest BCUT2D eigenvalue weighted by Gasteiger charge is -1.84. The van der Waals surface area contributed by atoms with Crippen LogP contribution in [0.5, 0.6) is 0 Å². The lowest BCUT2D eigenvalue weighted by atomic mass is 11.9. The van der Waals surface area contributed by atoms with Crippen LogP contribution in [0.15, 0.2) is 0 Å². The van der Waals surface area contributed by atoms with Crippen molar-refractivity contribution in [3.05, 3.63) is 0 Å². The van der Waals surface area contributed by atoms with E-state index in [9.17, 15) is 4.57 Å². The zero-order chi connectivity index (χ0) is 6.50. The Labute approximate surface area is 51.3 Å².